The SMILES string of the molecule is Cc1c(C)c(C)c(S(=O)(=O)Nc2cc(-c3nccn3C)[nH]n2)c(C)c1C. The number of benzene rings is 1. The van der Waals surface area contributed by atoms with Crippen molar-refractivity contribution in [2.45, 2.75) is 39.5 Å². The number of aromatic amines is 1. The number of aromatic nitrogens is 4. The minimum Gasteiger partial charge on any atom is -0.333 e. The third-order valence-electron chi connectivity index (χ3n) is 5.08. The molecule has 2 aromatic heterocycles. The number of nitrogens with one attached hydrogen (secondary N) is 2. The first-order valence-corrected chi connectivity index (χ1v) is 9.74. The van der Waals surface area contributed by atoms with Gasteiger partial charge >= 0.3 is 0 Å². The number of sulfonamides is 1. The molecular weight excluding hydrogens is 350 g/mol. The number of hydrogen-bond acceptors (Lipinski definition) is 4. The Hall–Kier alpha value is -2.61. The van der Waals surface area contributed by atoms with Gasteiger partial charge in [-0.15, -0.1) is 0 Å². The minimum atomic E-state index is -3.76. The van der Waals surface area contributed by atoms with Crippen molar-refractivity contribution in [3.63, 3.8) is 0 Å². The summed E-state index contributed by atoms with van der Waals surface area (Å²) in [6.07, 6.45) is 3.48. The van der Waals surface area contributed by atoms with E-state index < -0.39 is 10.0 Å². The summed E-state index contributed by atoms with van der Waals surface area (Å²) < 4.78 is 30.5. The highest BCUT2D eigenvalue weighted by molar-refractivity contribution is 7.92. The van der Waals surface area contributed by atoms with E-state index in [-0.39, 0.29) is 5.82 Å². The van der Waals surface area contributed by atoms with E-state index in [0.29, 0.717) is 16.4 Å². The van der Waals surface area contributed by atoms with Crippen molar-refractivity contribution in [3.05, 3.63) is 46.3 Å². The zero-order valence-corrected chi connectivity index (χ0v) is 16.6. The molecule has 2 heterocycles. The molecule has 0 bridgehead atoms. The van der Waals surface area contributed by atoms with Gasteiger partial charge in [0.1, 0.15) is 5.69 Å². The number of aryl methyl sites for hydroxylation is 1. The first-order valence-electron chi connectivity index (χ1n) is 8.26. The Bertz CT molecular complexity index is 1060. The van der Waals surface area contributed by atoms with Crippen LogP contribution in [0, 0.1) is 34.6 Å². The number of imidazole rings is 1. The van der Waals surface area contributed by atoms with Crippen LogP contribution in [0.2, 0.25) is 0 Å². The Labute approximate surface area is 153 Å². The number of nitrogens with zero attached hydrogens (tertiary/aromatic N) is 3. The smallest absolute Gasteiger partial charge is 0.263 e. The van der Waals surface area contributed by atoms with Crippen LogP contribution >= 0.6 is 0 Å². The van der Waals surface area contributed by atoms with Crippen LogP contribution in [-0.2, 0) is 17.1 Å². The van der Waals surface area contributed by atoms with Gasteiger partial charge in [0, 0.05) is 25.5 Å². The van der Waals surface area contributed by atoms with Gasteiger partial charge < -0.3 is 4.57 Å². The maximum atomic E-state index is 13.0. The van der Waals surface area contributed by atoms with Crippen LogP contribution in [0.15, 0.2) is 23.4 Å². The van der Waals surface area contributed by atoms with Crippen molar-refractivity contribution in [2.75, 3.05) is 4.72 Å². The summed E-state index contributed by atoms with van der Waals surface area (Å²) in [6.45, 7) is 9.59. The summed E-state index contributed by atoms with van der Waals surface area (Å²) in [6, 6.07) is 1.64. The van der Waals surface area contributed by atoms with Gasteiger partial charge in [-0.05, 0) is 62.4 Å². The fraction of sp³-hybridized carbons (Fsp3) is 0.333. The Morgan fingerprint density at radius 1 is 1.00 bits per heavy atom. The molecule has 3 rings (SSSR count). The standard InChI is InChI=1S/C18H23N5O2S/c1-10-11(2)13(4)17(14(5)12(10)3)26(24,25)22-16-9-15(20-21-16)18-19-7-8-23(18)6/h7-9H,1-6H3,(H2,20,21,22). The lowest BCUT2D eigenvalue weighted by Gasteiger charge is -2.18. The van der Waals surface area contributed by atoms with Crippen LogP contribution in [0.1, 0.15) is 27.8 Å². The molecule has 8 heteroatoms. The molecule has 0 aliphatic heterocycles. The maximum Gasteiger partial charge on any atom is 0.263 e. The van der Waals surface area contributed by atoms with Crippen molar-refractivity contribution in [1.82, 2.24) is 19.7 Å². The van der Waals surface area contributed by atoms with Crippen LogP contribution < -0.4 is 4.72 Å². The normalized spacial score (nSPS) is 11.8. The molecule has 0 saturated carbocycles. The molecular formula is C18H23N5O2S. The highest BCUT2D eigenvalue weighted by Crippen LogP contribution is 2.31. The van der Waals surface area contributed by atoms with E-state index in [4.69, 9.17) is 0 Å². The van der Waals surface area contributed by atoms with E-state index in [9.17, 15) is 8.42 Å². The van der Waals surface area contributed by atoms with E-state index in [1.54, 1.807) is 12.3 Å². The van der Waals surface area contributed by atoms with Gasteiger partial charge in [-0.25, -0.2) is 13.4 Å². The van der Waals surface area contributed by atoms with Crippen molar-refractivity contribution >= 4 is 15.8 Å². The molecule has 2 N–H and O–H groups in total. The zero-order chi connectivity index (χ0) is 19.2. The molecule has 7 nitrogen and oxygen atoms in total. The molecule has 0 amide bonds. The van der Waals surface area contributed by atoms with Crippen molar-refractivity contribution in [2.24, 2.45) is 7.05 Å². The summed E-state index contributed by atoms with van der Waals surface area (Å²) >= 11 is 0. The van der Waals surface area contributed by atoms with Crippen molar-refractivity contribution < 1.29 is 8.42 Å². The summed E-state index contributed by atoms with van der Waals surface area (Å²) in [4.78, 5) is 4.55. The lowest BCUT2D eigenvalue weighted by Crippen LogP contribution is -2.18. The van der Waals surface area contributed by atoms with Gasteiger partial charge in [0.2, 0.25) is 0 Å². The molecule has 0 atom stereocenters. The largest absolute Gasteiger partial charge is 0.333 e. The lowest BCUT2D eigenvalue weighted by atomic mass is 9.95. The first-order chi connectivity index (χ1) is 12.1. The second-order valence-corrected chi connectivity index (χ2v) is 8.21. The molecule has 1 aromatic carbocycles. The average Bonchev–Trinajstić information content (AvgIpc) is 3.19. The minimum absolute atomic E-state index is 0.234. The zero-order valence-electron chi connectivity index (χ0n) is 15.8. The second-order valence-electron chi connectivity index (χ2n) is 6.59. The van der Waals surface area contributed by atoms with Crippen LogP contribution in [0.25, 0.3) is 11.5 Å². The Balaban J connectivity index is 2.01. The average molecular weight is 373 g/mol. The second kappa shape index (κ2) is 6.28. The van der Waals surface area contributed by atoms with Gasteiger partial charge in [-0.1, -0.05) is 0 Å². The van der Waals surface area contributed by atoms with Gasteiger partial charge in [0.25, 0.3) is 10.0 Å². The Kier molecular flexibility index (Phi) is 4.39. The van der Waals surface area contributed by atoms with E-state index >= 15 is 0 Å². The highest BCUT2D eigenvalue weighted by Gasteiger charge is 2.24. The summed E-state index contributed by atoms with van der Waals surface area (Å²) in [7, 11) is -1.90. The van der Waals surface area contributed by atoms with Gasteiger partial charge in [0.15, 0.2) is 11.6 Å². The van der Waals surface area contributed by atoms with Crippen LogP contribution in [0.4, 0.5) is 5.82 Å². The molecule has 0 aliphatic rings. The monoisotopic (exact) mass is 373 g/mol. The molecule has 0 spiro atoms. The fourth-order valence-electron chi connectivity index (χ4n) is 3.17. The Morgan fingerprint density at radius 2 is 1.58 bits per heavy atom. The predicted molar refractivity (Wildman–Crippen MR) is 102 cm³/mol. The van der Waals surface area contributed by atoms with Crippen LogP contribution in [0.3, 0.4) is 0 Å². The van der Waals surface area contributed by atoms with Crippen molar-refractivity contribution in [3.8, 4) is 11.5 Å². The topological polar surface area (TPSA) is 92.7 Å². The number of anilines is 1. The molecule has 26 heavy (non-hydrogen) atoms. The lowest BCUT2D eigenvalue weighted by molar-refractivity contribution is 0.599. The van der Waals surface area contributed by atoms with E-state index in [1.807, 2.05) is 52.4 Å². The predicted octanol–water partition coefficient (Wildman–Crippen LogP) is 3.15. The summed E-state index contributed by atoms with van der Waals surface area (Å²) in [5, 5.41) is 6.90. The number of H-pyrrole nitrogens is 1. The number of hydrogen-bond donors (Lipinski definition) is 2. The van der Waals surface area contributed by atoms with E-state index in [2.05, 4.69) is 19.9 Å². The molecule has 0 fully saturated rings. The summed E-state index contributed by atoms with van der Waals surface area (Å²) in [5.74, 6) is 0.912. The Morgan fingerprint density at radius 3 is 2.12 bits per heavy atom. The quantitative estimate of drug-likeness (QED) is 0.735. The van der Waals surface area contributed by atoms with Gasteiger partial charge in [-0.3, -0.25) is 9.82 Å². The third kappa shape index (κ3) is 2.90. The summed E-state index contributed by atoms with van der Waals surface area (Å²) in [5.41, 5.74) is 5.26. The van der Waals surface area contributed by atoms with E-state index in [0.717, 1.165) is 27.8 Å². The molecule has 0 unspecified atom stereocenters. The van der Waals surface area contributed by atoms with Gasteiger partial charge in [-0.2, -0.15) is 5.10 Å². The van der Waals surface area contributed by atoms with E-state index in [1.165, 1.54) is 0 Å². The number of rotatable bonds is 4. The van der Waals surface area contributed by atoms with Crippen LogP contribution in [0.5, 0.6) is 0 Å². The fourth-order valence-corrected chi connectivity index (χ4v) is 4.77. The first kappa shape index (κ1) is 18.2. The highest BCUT2D eigenvalue weighted by atomic mass is 32.2. The third-order valence-corrected chi connectivity index (χ3v) is 6.71. The van der Waals surface area contributed by atoms with Gasteiger partial charge in [0.05, 0.1) is 4.90 Å². The maximum absolute atomic E-state index is 13.0. The molecule has 0 radical (unpaired) electrons. The van der Waals surface area contributed by atoms with Crippen molar-refractivity contribution in [1.29, 1.82) is 0 Å². The van der Waals surface area contributed by atoms with Crippen LogP contribution in [-0.4, -0.2) is 28.2 Å². The molecule has 138 valence electrons. The molecule has 0 aliphatic carbocycles. The molecule has 0 saturated heterocycles. The molecule has 3 aromatic rings.